The van der Waals surface area contributed by atoms with Crippen molar-refractivity contribution in [2.75, 3.05) is 11.4 Å². The maximum atomic E-state index is 12.3. The summed E-state index contributed by atoms with van der Waals surface area (Å²) in [6.07, 6.45) is 2.04. The summed E-state index contributed by atoms with van der Waals surface area (Å²) in [6, 6.07) is 11.7. The minimum Gasteiger partial charge on any atom is -0.363 e. The molecule has 24 heavy (non-hydrogen) atoms. The Bertz CT molecular complexity index is 980. The smallest absolute Gasteiger partial charge is 0.258 e. The van der Waals surface area contributed by atoms with Crippen LogP contribution in [0, 0.1) is 0 Å². The Balaban J connectivity index is 1.72. The van der Waals surface area contributed by atoms with E-state index >= 15 is 0 Å². The number of aryl methyl sites for hydroxylation is 1. The minimum absolute atomic E-state index is 0.138. The summed E-state index contributed by atoms with van der Waals surface area (Å²) in [5.74, 6) is 0.688. The number of para-hydroxylation sites is 1. The van der Waals surface area contributed by atoms with Gasteiger partial charge < -0.3 is 9.88 Å². The van der Waals surface area contributed by atoms with E-state index in [-0.39, 0.29) is 5.56 Å². The average molecular weight is 340 g/mol. The number of aromatic nitrogens is 2. The van der Waals surface area contributed by atoms with Crippen LogP contribution in [0.15, 0.2) is 41.2 Å². The molecular weight excluding hydrogens is 322 g/mol. The molecule has 5 heteroatoms. The van der Waals surface area contributed by atoms with Crippen LogP contribution in [0.5, 0.6) is 0 Å². The Morgan fingerprint density at radius 1 is 1.29 bits per heavy atom. The zero-order valence-corrected chi connectivity index (χ0v) is 14.2. The largest absolute Gasteiger partial charge is 0.363 e. The third kappa shape index (κ3) is 2.57. The highest BCUT2D eigenvalue weighted by molar-refractivity contribution is 6.31. The van der Waals surface area contributed by atoms with Gasteiger partial charge in [-0.05, 0) is 42.2 Å². The van der Waals surface area contributed by atoms with Crippen molar-refractivity contribution in [1.82, 2.24) is 9.97 Å². The number of halogens is 1. The van der Waals surface area contributed by atoms with Crippen molar-refractivity contribution < 1.29 is 0 Å². The molecule has 1 aliphatic rings. The molecule has 0 aliphatic carbocycles. The molecule has 0 fully saturated rings. The summed E-state index contributed by atoms with van der Waals surface area (Å²) < 4.78 is 0. The predicted molar refractivity (Wildman–Crippen MR) is 97.9 cm³/mol. The normalized spacial score (nSPS) is 13.5. The molecule has 0 atom stereocenters. The Morgan fingerprint density at radius 2 is 2.17 bits per heavy atom. The lowest BCUT2D eigenvalue weighted by molar-refractivity contribution is 0.783. The summed E-state index contributed by atoms with van der Waals surface area (Å²) in [5, 5.41) is 1.07. The van der Waals surface area contributed by atoms with Crippen molar-refractivity contribution in [2.24, 2.45) is 0 Å². The molecule has 1 aliphatic heterocycles. The zero-order valence-electron chi connectivity index (χ0n) is 13.5. The predicted octanol–water partition coefficient (Wildman–Crippen LogP) is 3.70. The first kappa shape index (κ1) is 15.2. The number of rotatable bonds is 3. The van der Waals surface area contributed by atoms with Crippen molar-refractivity contribution in [3.8, 4) is 0 Å². The van der Waals surface area contributed by atoms with Gasteiger partial charge in [0.2, 0.25) is 0 Å². The molecule has 2 heterocycles. The molecule has 0 unspecified atom stereocenters. The fourth-order valence-electron chi connectivity index (χ4n) is 3.48. The molecule has 4 nitrogen and oxygen atoms in total. The third-order valence-electron chi connectivity index (χ3n) is 4.61. The summed E-state index contributed by atoms with van der Waals surface area (Å²) in [6.45, 7) is 3.73. The summed E-state index contributed by atoms with van der Waals surface area (Å²) >= 11 is 5.97. The summed E-state index contributed by atoms with van der Waals surface area (Å²) in [5.41, 5.74) is 4.57. The first-order valence-corrected chi connectivity index (χ1v) is 8.57. The van der Waals surface area contributed by atoms with Crippen molar-refractivity contribution in [1.29, 1.82) is 0 Å². The molecule has 3 aromatic rings. The Hall–Kier alpha value is -2.33. The van der Waals surface area contributed by atoms with Crippen LogP contribution in [0.1, 0.15) is 23.9 Å². The summed E-state index contributed by atoms with van der Waals surface area (Å²) in [7, 11) is 0. The van der Waals surface area contributed by atoms with Crippen molar-refractivity contribution in [3.63, 3.8) is 0 Å². The average Bonchev–Trinajstić information content (AvgIpc) is 2.99. The van der Waals surface area contributed by atoms with Crippen LogP contribution in [-0.2, 0) is 19.4 Å². The van der Waals surface area contributed by atoms with Crippen LogP contribution in [0.3, 0.4) is 0 Å². The number of hydrogen-bond donors (Lipinski definition) is 1. The number of H-pyrrole nitrogens is 1. The van der Waals surface area contributed by atoms with Crippen LogP contribution in [0.4, 0.5) is 5.69 Å². The van der Waals surface area contributed by atoms with E-state index in [1.165, 1.54) is 16.8 Å². The highest BCUT2D eigenvalue weighted by Crippen LogP contribution is 2.33. The molecule has 122 valence electrons. The second kappa shape index (κ2) is 5.95. The second-order valence-electron chi connectivity index (χ2n) is 6.12. The van der Waals surface area contributed by atoms with Crippen LogP contribution in [0.2, 0.25) is 5.02 Å². The van der Waals surface area contributed by atoms with Gasteiger partial charge in [-0.1, -0.05) is 36.7 Å². The van der Waals surface area contributed by atoms with Crippen molar-refractivity contribution in [2.45, 2.75) is 26.3 Å². The van der Waals surface area contributed by atoms with Gasteiger partial charge in [-0.2, -0.15) is 0 Å². The monoisotopic (exact) mass is 339 g/mol. The van der Waals surface area contributed by atoms with E-state index in [0.717, 1.165) is 19.4 Å². The molecule has 0 saturated carbocycles. The number of nitrogens with zero attached hydrogens (tertiary/aromatic N) is 2. The molecule has 4 rings (SSSR count). The van der Waals surface area contributed by atoms with Gasteiger partial charge in [-0.25, -0.2) is 4.98 Å². The van der Waals surface area contributed by atoms with Gasteiger partial charge >= 0.3 is 0 Å². The van der Waals surface area contributed by atoms with E-state index in [1.54, 1.807) is 18.2 Å². The number of fused-ring (bicyclic) bond motifs is 2. The van der Waals surface area contributed by atoms with Gasteiger partial charge in [0, 0.05) is 17.3 Å². The lowest BCUT2D eigenvalue weighted by atomic mass is 10.1. The van der Waals surface area contributed by atoms with E-state index < -0.39 is 0 Å². The molecule has 1 N–H and O–H groups in total. The first-order chi connectivity index (χ1) is 11.7. The second-order valence-corrected chi connectivity index (χ2v) is 6.56. The Morgan fingerprint density at radius 3 is 3.00 bits per heavy atom. The van der Waals surface area contributed by atoms with Crippen LogP contribution in [0.25, 0.3) is 10.9 Å². The Kier molecular flexibility index (Phi) is 3.77. The van der Waals surface area contributed by atoms with Gasteiger partial charge in [-0.3, -0.25) is 4.79 Å². The molecule has 0 spiro atoms. The zero-order chi connectivity index (χ0) is 16.7. The van der Waals surface area contributed by atoms with Gasteiger partial charge in [-0.15, -0.1) is 0 Å². The molecule has 1 aromatic heterocycles. The minimum atomic E-state index is -0.138. The maximum absolute atomic E-state index is 12.3. The lowest BCUT2D eigenvalue weighted by Gasteiger charge is -2.21. The maximum Gasteiger partial charge on any atom is 0.258 e. The van der Waals surface area contributed by atoms with Crippen LogP contribution in [-0.4, -0.2) is 16.5 Å². The molecule has 0 saturated heterocycles. The highest BCUT2D eigenvalue weighted by atomic mass is 35.5. The van der Waals surface area contributed by atoms with E-state index in [1.807, 2.05) is 0 Å². The SMILES string of the molecule is CCc1cccc2c1N(Cc1nc3ccc(Cl)cc3c(=O)[nH]1)CC2. The number of hydrogen-bond acceptors (Lipinski definition) is 3. The van der Waals surface area contributed by atoms with E-state index in [4.69, 9.17) is 11.6 Å². The highest BCUT2D eigenvalue weighted by Gasteiger charge is 2.22. The fourth-order valence-corrected chi connectivity index (χ4v) is 3.65. The lowest BCUT2D eigenvalue weighted by Crippen LogP contribution is -2.24. The van der Waals surface area contributed by atoms with E-state index in [9.17, 15) is 4.79 Å². The molecule has 0 amide bonds. The number of nitrogens with one attached hydrogen (secondary N) is 1. The molecule has 0 bridgehead atoms. The number of anilines is 1. The number of benzene rings is 2. The van der Waals surface area contributed by atoms with Gasteiger partial charge in [0.25, 0.3) is 5.56 Å². The molecular formula is C19H18ClN3O. The fraction of sp³-hybridized carbons (Fsp3) is 0.263. The van der Waals surface area contributed by atoms with Crippen LogP contribution >= 0.6 is 11.6 Å². The Labute approximate surface area is 145 Å². The summed E-state index contributed by atoms with van der Waals surface area (Å²) in [4.78, 5) is 22.2. The number of aromatic amines is 1. The van der Waals surface area contributed by atoms with Gasteiger partial charge in [0.15, 0.2) is 0 Å². The quantitative estimate of drug-likeness (QED) is 0.791. The van der Waals surface area contributed by atoms with Gasteiger partial charge in [0.05, 0.1) is 17.4 Å². The van der Waals surface area contributed by atoms with Crippen molar-refractivity contribution >= 4 is 28.2 Å². The molecule has 2 aromatic carbocycles. The first-order valence-electron chi connectivity index (χ1n) is 8.20. The molecule has 0 radical (unpaired) electrons. The standard InChI is InChI=1S/C19H18ClN3O/c1-2-12-4-3-5-13-8-9-23(18(12)13)11-17-21-16-7-6-14(20)10-15(16)19(24)22-17/h3-7,10H,2,8-9,11H2,1H3,(H,21,22,24). The topological polar surface area (TPSA) is 49.0 Å². The van der Waals surface area contributed by atoms with E-state index in [0.29, 0.717) is 28.3 Å². The van der Waals surface area contributed by atoms with E-state index in [2.05, 4.69) is 40.0 Å². The van der Waals surface area contributed by atoms with Gasteiger partial charge in [0.1, 0.15) is 5.82 Å². The third-order valence-corrected chi connectivity index (χ3v) is 4.84. The van der Waals surface area contributed by atoms with Crippen molar-refractivity contribution in [3.05, 3.63) is 68.7 Å². The van der Waals surface area contributed by atoms with Crippen LogP contribution < -0.4 is 10.5 Å².